The van der Waals surface area contributed by atoms with Gasteiger partial charge in [0.15, 0.2) is 5.82 Å². The predicted molar refractivity (Wildman–Crippen MR) is 50.6 cm³/mol. The monoisotopic (exact) mass is 195 g/mol. The first-order valence-corrected chi connectivity index (χ1v) is 4.72. The lowest BCUT2D eigenvalue weighted by Gasteiger charge is -2.29. The van der Waals surface area contributed by atoms with Gasteiger partial charge >= 0.3 is 0 Å². The number of aromatic nitrogens is 1. The summed E-state index contributed by atoms with van der Waals surface area (Å²) in [5.41, 5.74) is 5.24. The molecule has 5 heteroatoms. The highest BCUT2D eigenvalue weighted by Crippen LogP contribution is 2.21. The number of primary amides is 1. The second-order valence-corrected chi connectivity index (χ2v) is 3.52. The maximum atomic E-state index is 10.9. The second kappa shape index (κ2) is 3.69. The van der Waals surface area contributed by atoms with Gasteiger partial charge in [-0.1, -0.05) is 5.16 Å². The molecule has 2 N–H and O–H groups in total. The summed E-state index contributed by atoms with van der Waals surface area (Å²) in [5.74, 6) is 0.677. The van der Waals surface area contributed by atoms with Crippen molar-refractivity contribution in [3.63, 3.8) is 0 Å². The lowest BCUT2D eigenvalue weighted by Crippen LogP contribution is -2.38. The van der Waals surface area contributed by atoms with Crippen LogP contribution in [0, 0.1) is 5.92 Å². The average molecular weight is 195 g/mol. The van der Waals surface area contributed by atoms with Crippen molar-refractivity contribution < 1.29 is 9.32 Å². The Hall–Kier alpha value is -1.52. The highest BCUT2D eigenvalue weighted by Gasteiger charge is 2.23. The maximum Gasteiger partial charge on any atom is 0.220 e. The fourth-order valence-corrected chi connectivity index (χ4v) is 1.76. The van der Waals surface area contributed by atoms with E-state index in [4.69, 9.17) is 10.3 Å². The van der Waals surface area contributed by atoms with Crippen molar-refractivity contribution in [3.8, 4) is 0 Å². The Labute approximate surface area is 81.8 Å². The average Bonchev–Trinajstić information content (AvgIpc) is 2.71. The van der Waals surface area contributed by atoms with Crippen molar-refractivity contribution in [2.75, 3.05) is 18.0 Å². The third-order valence-electron chi connectivity index (χ3n) is 2.65. The minimum Gasteiger partial charge on any atom is -0.369 e. The van der Waals surface area contributed by atoms with E-state index in [1.54, 1.807) is 6.26 Å². The van der Waals surface area contributed by atoms with Crippen LogP contribution >= 0.6 is 0 Å². The minimum atomic E-state index is -0.190. The van der Waals surface area contributed by atoms with Crippen LogP contribution in [-0.2, 0) is 4.79 Å². The summed E-state index contributed by atoms with van der Waals surface area (Å²) in [6, 6.07) is 1.82. The number of hydrogen-bond donors (Lipinski definition) is 1. The van der Waals surface area contributed by atoms with Crippen LogP contribution < -0.4 is 10.6 Å². The summed E-state index contributed by atoms with van der Waals surface area (Å²) in [7, 11) is 0. The predicted octanol–water partition coefficient (Wildman–Crippen LogP) is 0.376. The van der Waals surface area contributed by atoms with E-state index in [1.807, 2.05) is 6.07 Å². The van der Waals surface area contributed by atoms with Gasteiger partial charge < -0.3 is 15.2 Å². The van der Waals surface area contributed by atoms with Crippen LogP contribution in [0.1, 0.15) is 12.8 Å². The van der Waals surface area contributed by atoms with Crippen LogP contribution in [0.2, 0.25) is 0 Å². The van der Waals surface area contributed by atoms with Gasteiger partial charge in [-0.2, -0.15) is 0 Å². The van der Waals surface area contributed by atoms with Gasteiger partial charge in [0.25, 0.3) is 0 Å². The standard InChI is InChI=1S/C9H13N3O2/c10-9(13)7-1-4-12(5-2-7)8-3-6-14-11-8/h3,6-7H,1-2,4-5H2,(H2,10,13). The number of rotatable bonds is 2. The van der Waals surface area contributed by atoms with E-state index in [1.165, 1.54) is 0 Å². The third-order valence-corrected chi connectivity index (χ3v) is 2.65. The van der Waals surface area contributed by atoms with Crippen LogP contribution in [0.3, 0.4) is 0 Å². The zero-order valence-electron chi connectivity index (χ0n) is 7.85. The van der Waals surface area contributed by atoms with Crippen molar-refractivity contribution >= 4 is 11.7 Å². The van der Waals surface area contributed by atoms with E-state index in [-0.39, 0.29) is 11.8 Å². The molecule has 2 heterocycles. The molecule has 0 bridgehead atoms. The van der Waals surface area contributed by atoms with Crippen molar-refractivity contribution in [3.05, 3.63) is 12.3 Å². The first-order valence-electron chi connectivity index (χ1n) is 4.72. The van der Waals surface area contributed by atoms with Gasteiger partial charge in [-0.15, -0.1) is 0 Å². The molecule has 0 spiro atoms. The smallest absolute Gasteiger partial charge is 0.220 e. The number of carbonyl (C=O) groups excluding carboxylic acids is 1. The topological polar surface area (TPSA) is 72.4 Å². The highest BCUT2D eigenvalue weighted by atomic mass is 16.5. The van der Waals surface area contributed by atoms with Crippen LogP contribution in [0.5, 0.6) is 0 Å². The Morgan fingerprint density at radius 2 is 2.29 bits per heavy atom. The molecular formula is C9H13N3O2. The molecule has 1 aliphatic rings. The summed E-state index contributed by atoms with van der Waals surface area (Å²) < 4.78 is 4.76. The Bertz CT molecular complexity index is 302. The zero-order chi connectivity index (χ0) is 9.97. The first kappa shape index (κ1) is 9.05. The normalized spacial score (nSPS) is 18.4. The van der Waals surface area contributed by atoms with Crippen LogP contribution in [-0.4, -0.2) is 24.2 Å². The summed E-state index contributed by atoms with van der Waals surface area (Å²) in [4.78, 5) is 13.0. The zero-order valence-corrected chi connectivity index (χ0v) is 7.85. The number of anilines is 1. The maximum absolute atomic E-state index is 10.9. The molecule has 1 amide bonds. The number of amides is 1. The van der Waals surface area contributed by atoms with Crippen molar-refractivity contribution in [1.82, 2.24) is 5.16 Å². The minimum absolute atomic E-state index is 0.0261. The molecule has 0 aromatic carbocycles. The van der Waals surface area contributed by atoms with Gasteiger partial charge in [0.05, 0.1) is 0 Å². The number of nitrogens with two attached hydrogens (primary N) is 1. The molecule has 1 fully saturated rings. The molecule has 0 radical (unpaired) electrons. The number of hydrogen-bond acceptors (Lipinski definition) is 4. The molecule has 2 rings (SSSR count). The molecule has 1 saturated heterocycles. The van der Waals surface area contributed by atoms with Crippen molar-refractivity contribution in [1.29, 1.82) is 0 Å². The SMILES string of the molecule is NC(=O)C1CCN(c2ccon2)CC1. The fraction of sp³-hybridized carbons (Fsp3) is 0.556. The fourth-order valence-electron chi connectivity index (χ4n) is 1.76. The largest absolute Gasteiger partial charge is 0.369 e. The summed E-state index contributed by atoms with van der Waals surface area (Å²) in [5, 5.41) is 3.84. The van der Waals surface area contributed by atoms with E-state index in [0.29, 0.717) is 0 Å². The van der Waals surface area contributed by atoms with E-state index in [2.05, 4.69) is 10.1 Å². The van der Waals surface area contributed by atoms with Gasteiger partial charge in [-0.05, 0) is 12.8 Å². The summed E-state index contributed by atoms with van der Waals surface area (Å²) in [6.07, 6.45) is 3.17. The van der Waals surface area contributed by atoms with Gasteiger partial charge in [0, 0.05) is 25.1 Å². The molecule has 1 aromatic heterocycles. The lowest BCUT2D eigenvalue weighted by atomic mass is 9.96. The van der Waals surface area contributed by atoms with Gasteiger partial charge in [-0.3, -0.25) is 4.79 Å². The Morgan fingerprint density at radius 1 is 1.57 bits per heavy atom. The molecule has 76 valence electrons. The van der Waals surface area contributed by atoms with Crippen LogP contribution in [0.4, 0.5) is 5.82 Å². The van der Waals surface area contributed by atoms with E-state index < -0.39 is 0 Å². The van der Waals surface area contributed by atoms with Gasteiger partial charge in [-0.25, -0.2) is 0 Å². The molecule has 5 nitrogen and oxygen atoms in total. The Balaban J connectivity index is 1.93. The Morgan fingerprint density at radius 3 is 2.79 bits per heavy atom. The quantitative estimate of drug-likeness (QED) is 0.740. The number of nitrogens with zero attached hydrogens (tertiary/aromatic N) is 2. The molecule has 1 aromatic rings. The third kappa shape index (κ3) is 1.71. The molecule has 0 aliphatic carbocycles. The molecule has 1 aliphatic heterocycles. The van der Waals surface area contributed by atoms with Crippen molar-refractivity contribution in [2.24, 2.45) is 11.7 Å². The molecule has 0 atom stereocenters. The molecule has 14 heavy (non-hydrogen) atoms. The van der Waals surface area contributed by atoms with Crippen molar-refractivity contribution in [2.45, 2.75) is 12.8 Å². The molecule has 0 saturated carbocycles. The molecule has 0 unspecified atom stereocenters. The second-order valence-electron chi connectivity index (χ2n) is 3.52. The van der Waals surface area contributed by atoms with Gasteiger partial charge in [0.1, 0.15) is 6.26 Å². The molecular weight excluding hydrogens is 182 g/mol. The summed E-state index contributed by atoms with van der Waals surface area (Å²) in [6.45, 7) is 1.64. The van der Waals surface area contributed by atoms with Crippen LogP contribution in [0.25, 0.3) is 0 Å². The first-order chi connectivity index (χ1) is 6.77. The van der Waals surface area contributed by atoms with E-state index >= 15 is 0 Å². The number of carbonyl (C=O) groups is 1. The van der Waals surface area contributed by atoms with E-state index in [0.717, 1.165) is 31.7 Å². The van der Waals surface area contributed by atoms with E-state index in [9.17, 15) is 4.79 Å². The lowest BCUT2D eigenvalue weighted by molar-refractivity contribution is -0.122. The number of piperidine rings is 1. The van der Waals surface area contributed by atoms with Gasteiger partial charge in [0.2, 0.25) is 5.91 Å². The Kier molecular flexibility index (Phi) is 2.39. The highest BCUT2D eigenvalue weighted by molar-refractivity contribution is 5.76. The summed E-state index contributed by atoms with van der Waals surface area (Å²) >= 11 is 0. The van der Waals surface area contributed by atoms with Crippen LogP contribution in [0.15, 0.2) is 16.9 Å².